The van der Waals surface area contributed by atoms with E-state index in [2.05, 4.69) is 20.1 Å². The van der Waals surface area contributed by atoms with Crippen LogP contribution in [0.4, 0.5) is 0 Å². The van der Waals surface area contributed by atoms with Crippen molar-refractivity contribution >= 4 is 17.3 Å². The summed E-state index contributed by atoms with van der Waals surface area (Å²) in [4.78, 5) is 17.5. The van der Waals surface area contributed by atoms with Crippen LogP contribution in [0.15, 0.2) is 71.9 Å². The van der Waals surface area contributed by atoms with Gasteiger partial charge in [0.15, 0.2) is 11.5 Å². The van der Waals surface area contributed by atoms with Crippen molar-refractivity contribution < 1.29 is 4.79 Å². The minimum absolute atomic E-state index is 0.0441. The van der Waals surface area contributed by atoms with E-state index < -0.39 is 0 Å². The molecule has 3 aromatic rings. The smallest absolute Gasteiger partial charge is 0.269 e. The Labute approximate surface area is 149 Å². The molecule has 0 aliphatic carbocycles. The minimum atomic E-state index is -0.218. The summed E-state index contributed by atoms with van der Waals surface area (Å²) in [5.74, 6) is 0.513. The van der Waals surface area contributed by atoms with Gasteiger partial charge in [-0.2, -0.15) is 9.61 Å². The van der Waals surface area contributed by atoms with Crippen LogP contribution in [0.1, 0.15) is 5.82 Å². The SMILES string of the molecule is O=C1C=CC2C(=N1)C=CN2Cc1nnc2ccc(-c3ccccc3)nn12. The van der Waals surface area contributed by atoms with Crippen LogP contribution in [0, 0.1) is 0 Å². The molecule has 1 unspecified atom stereocenters. The third-order valence-corrected chi connectivity index (χ3v) is 4.48. The van der Waals surface area contributed by atoms with Gasteiger partial charge in [0, 0.05) is 17.8 Å². The van der Waals surface area contributed by atoms with E-state index in [9.17, 15) is 4.79 Å². The molecule has 5 rings (SSSR count). The molecule has 0 spiro atoms. The summed E-state index contributed by atoms with van der Waals surface area (Å²) in [6, 6.07) is 13.8. The predicted octanol–water partition coefficient (Wildman–Crippen LogP) is 2.03. The molecule has 1 amide bonds. The van der Waals surface area contributed by atoms with Crippen LogP contribution in [0.3, 0.4) is 0 Å². The van der Waals surface area contributed by atoms with Gasteiger partial charge in [-0.3, -0.25) is 4.79 Å². The number of fused-ring (bicyclic) bond motifs is 2. The maximum Gasteiger partial charge on any atom is 0.269 e. The van der Waals surface area contributed by atoms with E-state index >= 15 is 0 Å². The highest BCUT2D eigenvalue weighted by molar-refractivity contribution is 6.12. The summed E-state index contributed by atoms with van der Waals surface area (Å²) < 4.78 is 1.77. The number of rotatable bonds is 3. The fourth-order valence-electron chi connectivity index (χ4n) is 3.19. The van der Waals surface area contributed by atoms with Gasteiger partial charge in [0.1, 0.15) is 0 Å². The molecular formula is C19H14N6O. The van der Waals surface area contributed by atoms with Gasteiger partial charge >= 0.3 is 0 Å². The highest BCUT2D eigenvalue weighted by Crippen LogP contribution is 2.21. The molecule has 26 heavy (non-hydrogen) atoms. The van der Waals surface area contributed by atoms with Crippen LogP contribution in [-0.2, 0) is 11.3 Å². The molecule has 2 aromatic heterocycles. The molecule has 0 saturated heterocycles. The first-order valence-electron chi connectivity index (χ1n) is 8.29. The van der Waals surface area contributed by atoms with Gasteiger partial charge in [-0.25, -0.2) is 4.99 Å². The van der Waals surface area contributed by atoms with Crippen molar-refractivity contribution in [3.05, 3.63) is 72.7 Å². The van der Waals surface area contributed by atoms with Crippen molar-refractivity contribution in [3.8, 4) is 11.3 Å². The quantitative estimate of drug-likeness (QED) is 0.728. The molecule has 0 bridgehead atoms. The summed E-state index contributed by atoms with van der Waals surface area (Å²) in [6.07, 6.45) is 7.14. The monoisotopic (exact) mass is 342 g/mol. The minimum Gasteiger partial charge on any atom is -0.358 e. The predicted molar refractivity (Wildman–Crippen MR) is 96.3 cm³/mol. The lowest BCUT2D eigenvalue weighted by Gasteiger charge is -2.23. The number of amides is 1. The third-order valence-electron chi connectivity index (χ3n) is 4.48. The first-order chi connectivity index (χ1) is 12.8. The fourth-order valence-corrected chi connectivity index (χ4v) is 3.19. The molecule has 1 atom stereocenters. The Morgan fingerprint density at radius 1 is 1.00 bits per heavy atom. The number of hydrogen-bond donors (Lipinski definition) is 0. The van der Waals surface area contributed by atoms with Crippen LogP contribution < -0.4 is 0 Å². The Morgan fingerprint density at radius 3 is 2.77 bits per heavy atom. The highest BCUT2D eigenvalue weighted by atomic mass is 16.1. The van der Waals surface area contributed by atoms with E-state index in [1.54, 1.807) is 4.52 Å². The first-order valence-corrected chi connectivity index (χ1v) is 8.29. The Kier molecular flexibility index (Phi) is 3.24. The van der Waals surface area contributed by atoms with Crippen molar-refractivity contribution in [1.82, 2.24) is 24.7 Å². The summed E-state index contributed by atoms with van der Waals surface area (Å²) in [5, 5.41) is 13.2. The van der Waals surface area contributed by atoms with Crippen molar-refractivity contribution in [2.75, 3.05) is 0 Å². The maximum absolute atomic E-state index is 11.4. The highest BCUT2D eigenvalue weighted by Gasteiger charge is 2.27. The van der Waals surface area contributed by atoms with Gasteiger partial charge in [-0.05, 0) is 18.2 Å². The zero-order chi connectivity index (χ0) is 17.5. The van der Waals surface area contributed by atoms with Crippen LogP contribution in [-0.4, -0.2) is 42.4 Å². The average molecular weight is 342 g/mol. The average Bonchev–Trinajstić information content (AvgIpc) is 3.26. The molecule has 4 heterocycles. The third kappa shape index (κ3) is 2.41. The number of carbonyl (C=O) groups is 1. The van der Waals surface area contributed by atoms with E-state index in [-0.39, 0.29) is 11.9 Å². The maximum atomic E-state index is 11.4. The van der Waals surface area contributed by atoms with Gasteiger partial charge in [-0.15, -0.1) is 10.2 Å². The van der Waals surface area contributed by atoms with E-state index in [4.69, 9.17) is 5.10 Å². The lowest BCUT2D eigenvalue weighted by atomic mass is 10.1. The molecule has 0 fully saturated rings. The standard InChI is InChI=1S/C19H14N6O/c26-19-9-7-16-15(20-19)10-11-24(16)12-18-22-21-17-8-6-14(23-25(17)18)13-4-2-1-3-5-13/h1-11,16H,12H2. The van der Waals surface area contributed by atoms with E-state index in [0.717, 1.165) is 22.8 Å². The second kappa shape index (κ2) is 5.73. The van der Waals surface area contributed by atoms with Crippen molar-refractivity contribution in [2.24, 2.45) is 4.99 Å². The Morgan fingerprint density at radius 2 is 1.88 bits per heavy atom. The van der Waals surface area contributed by atoms with Crippen LogP contribution in [0.25, 0.3) is 16.9 Å². The number of aliphatic imine (C=N–C) groups is 1. The summed E-state index contributed by atoms with van der Waals surface area (Å²) in [6.45, 7) is 0.519. The summed E-state index contributed by atoms with van der Waals surface area (Å²) >= 11 is 0. The molecule has 0 radical (unpaired) electrons. The molecule has 126 valence electrons. The van der Waals surface area contributed by atoms with Gasteiger partial charge in [0.2, 0.25) is 0 Å². The van der Waals surface area contributed by atoms with E-state index in [1.807, 2.05) is 60.8 Å². The molecule has 0 N–H and O–H groups in total. The zero-order valence-corrected chi connectivity index (χ0v) is 13.7. The number of benzene rings is 1. The summed E-state index contributed by atoms with van der Waals surface area (Å²) in [5.41, 5.74) is 3.36. The molecule has 1 aromatic carbocycles. The van der Waals surface area contributed by atoms with Gasteiger partial charge in [-0.1, -0.05) is 36.4 Å². The van der Waals surface area contributed by atoms with Gasteiger partial charge in [0.05, 0.1) is 24.0 Å². The Bertz CT molecular complexity index is 1100. The molecule has 7 nitrogen and oxygen atoms in total. The molecule has 7 heteroatoms. The van der Waals surface area contributed by atoms with Crippen LogP contribution >= 0.6 is 0 Å². The molecule has 0 saturated carbocycles. The van der Waals surface area contributed by atoms with Gasteiger partial charge < -0.3 is 4.90 Å². The lowest BCUT2D eigenvalue weighted by molar-refractivity contribution is -0.113. The first kappa shape index (κ1) is 14.7. The van der Waals surface area contributed by atoms with Crippen molar-refractivity contribution in [2.45, 2.75) is 12.6 Å². The number of dihydropyridines is 1. The van der Waals surface area contributed by atoms with Crippen molar-refractivity contribution in [1.29, 1.82) is 0 Å². The molecule has 2 aliphatic rings. The number of nitrogens with zero attached hydrogens (tertiary/aromatic N) is 6. The molecular weight excluding hydrogens is 328 g/mol. The topological polar surface area (TPSA) is 75.8 Å². The van der Waals surface area contributed by atoms with Crippen LogP contribution in [0.5, 0.6) is 0 Å². The normalized spacial score (nSPS) is 18.5. The van der Waals surface area contributed by atoms with E-state index in [0.29, 0.717) is 12.2 Å². The summed E-state index contributed by atoms with van der Waals surface area (Å²) in [7, 11) is 0. The number of hydrogen-bond acceptors (Lipinski definition) is 5. The van der Waals surface area contributed by atoms with Crippen LogP contribution in [0.2, 0.25) is 0 Å². The number of aromatic nitrogens is 4. The van der Waals surface area contributed by atoms with Crippen molar-refractivity contribution in [3.63, 3.8) is 0 Å². The Hall–Kier alpha value is -3.61. The lowest BCUT2D eigenvalue weighted by Crippen LogP contribution is -2.32. The van der Waals surface area contributed by atoms with E-state index in [1.165, 1.54) is 6.08 Å². The second-order valence-corrected chi connectivity index (χ2v) is 6.14. The fraction of sp³-hybridized carbons (Fsp3) is 0.105. The second-order valence-electron chi connectivity index (χ2n) is 6.14. The number of carbonyl (C=O) groups excluding carboxylic acids is 1. The Balaban J connectivity index is 1.48. The van der Waals surface area contributed by atoms with Gasteiger partial charge in [0.25, 0.3) is 5.91 Å². The largest absolute Gasteiger partial charge is 0.358 e. The zero-order valence-electron chi connectivity index (χ0n) is 13.7. The molecule has 2 aliphatic heterocycles.